The summed E-state index contributed by atoms with van der Waals surface area (Å²) >= 11 is 6.26. The van der Waals surface area contributed by atoms with E-state index in [1.54, 1.807) is 36.6 Å². The van der Waals surface area contributed by atoms with Crippen LogP contribution >= 0.6 is 11.6 Å². The van der Waals surface area contributed by atoms with Crippen LogP contribution in [-0.2, 0) is 0 Å². The van der Waals surface area contributed by atoms with Crippen molar-refractivity contribution in [3.63, 3.8) is 0 Å². The number of nitrogens with zero attached hydrogens (tertiary/aromatic N) is 1. The van der Waals surface area contributed by atoms with E-state index in [0.717, 1.165) is 5.56 Å². The van der Waals surface area contributed by atoms with Gasteiger partial charge in [-0.3, -0.25) is 14.3 Å². The molecule has 23 heavy (non-hydrogen) atoms. The molecule has 2 atom stereocenters. The summed E-state index contributed by atoms with van der Waals surface area (Å²) in [6.07, 6.45) is 2.21. The predicted molar refractivity (Wildman–Crippen MR) is 81.5 cm³/mol. The monoisotopic (exact) mass is 330 g/mol. The second-order valence-electron chi connectivity index (χ2n) is 5.47. The zero-order valence-electron chi connectivity index (χ0n) is 11.8. The molecule has 3 aromatic rings. The minimum atomic E-state index is -0.607. The van der Waals surface area contributed by atoms with E-state index in [4.69, 9.17) is 16.0 Å². The van der Waals surface area contributed by atoms with Crippen molar-refractivity contribution in [1.29, 1.82) is 0 Å². The maximum atomic E-state index is 12.5. The van der Waals surface area contributed by atoms with Crippen LogP contribution in [0.4, 0.5) is 0 Å². The van der Waals surface area contributed by atoms with Crippen molar-refractivity contribution in [3.05, 3.63) is 63.6 Å². The van der Waals surface area contributed by atoms with Gasteiger partial charge >= 0.3 is 5.76 Å². The van der Waals surface area contributed by atoms with E-state index >= 15 is 0 Å². The Hall–Kier alpha value is -2.60. The molecule has 0 saturated heterocycles. The van der Waals surface area contributed by atoms with Crippen molar-refractivity contribution in [2.75, 3.05) is 0 Å². The topological polar surface area (TPSA) is 89.1 Å². The van der Waals surface area contributed by atoms with Crippen LogP contribution in [0.1, 0.15) is 28.5 Å². The predicted octanol–water partition coefficient (Wildman–Crippen LogP) is 3.26. The fraction of sp³-hybridized carbons (Fsp3) is 0.188. The first-order chi connectivity index (χ1) is 11.1. The van der Waals surface area contributed by atoms with Crippen molar-refractivity contribution in [3.8, 4) is 11.3 Å². The molecule has 1 aliphatic rings. The summed E-state index contributed by atoms with van der Waals surface area (Å²) in [7, 11) is 0. The SMILES string of the molecule is O=C(c1ccc(-c2ccco2)c(Cl)c1)C1CC1c1noc(=O)[nH]1. The van der Waals surface area contributed by atoms with Gasteiger partial charge in [-0.05, 0) is 30.7 Å². The first-order valence-corrected chi connectivity index (χ1v) is 7.45. The lowest BCUT2D eigenvalue weighted by Crippen LogP contribution is -2.04. The van der Waals surface area contributed by atoms with Crippen molar-refractivity contribution >= 4 is 17.4 Å². The van der Waals surface area contributed by atoms with Gasteiger partial charge in [-0.1, -0.05) is 22.8 Å². The molecule has 0 bridgehead atoms. The number of rotatable bonds is 4. The highest BCUT2D eigenvalue weighted by Crippen LogP contribution is 2.47. The van der Waals surface area contributed by atoms with Crippen LogP contribution in [0.25, 0.3) is 11.3 Å². The minimum Gasteiger partial charge on any atom is -0.464 e. The second kappa shape index (κ2) is 5.24. The number of aromatic nitrogens is 2. The Morgan fingerprint density at radius 1 is 1.35 bits per heavy atom. The highest BCUT2D eigenvalue weighted by molar-refractivity contribution is 6.33. The number of halogens is 1. The smallest absolute Gasteiger partial charge is 0.438 e. The summed E-state index contributed by atoms with van der Waals surface area (Å²) in [5.74, 6) is 0.138. The van der Waals surface area contributed by atoms with Crippen LogP contribution in [0.3, 0.4) is 0 Å². The zero-order chi connectivity index (χ0) is 16.0. The van der Waals surface area contributed by atoms with Crippen molar-refractivity contribution in [2.45, 2.75) is 12.3 Å². The molecule has 116 valence electrons. The molecule has 0 radical (unpaired) electrons. The molecule has 4 rings (SSSR count). The Balaban J connectivity index is 1.56. The maximum absolute atomic E-state index is 12.5. The Kier molecular flexibility index (Phi) is 3.20. The lowest BCUT2D eigenvalue weighted by molar-refractivity contribution is 0.0964. The van der Waals surface area contributed by atoms with Gasteiger partial charge in [0.1, 0.15) is 5.76 Å². The van der Waals surface area contributed by atoms with Gasteiger partial charge in [0, 0.05) is 23.0 Å². The summed E-state index contributed by atoms with van der Waals surface area (Å²) in [5.41, 5.74) is 1.27. The molecule has 1 aliphatic carbocycles. The number of Topliss-reactive ketones (excluding diaryl/α,β-unsaturated/α-hetero) is 1. The maximum Gasteiger partial charge on any atom is 0.438 e. The van der Waals surface area contributed by atoms with Gasteiger partial charge in [0.25, 0.3) is 0 Å². The molecule has 1 fully saturated rings. The molecule has 2 aromatic heterocycles. The molecule has 7 heteroatoms. The first-order valence-electron chi connectivity index (χ1n) is 7.07. The molecular formula is C16H11ClN2O4. The Bertz CT molecular complexity index is 926. The lowest BCUT2D eigenvalue weighted by atomic mass is 10.0. The lowest BCUT2D eigenvalue weighted by Gasteiger charge is -2.04. The van der Waals surface area contributed by atoms with Gasteiger partial charge in [-0.25, -0.2) is 4.79 Å². The molecule has 2 heterocycles. The van der Waals surface area contributed by atoms with E-state index in [9.17, 15) is 9.59 Å². The largest absolute Gasteiger partial charge is 0.464 e. The van der Waals surface area contributed by atoms with Crippen LogP contribution in [0.2, 0.25) is 5.02 Å². The van der Waals surface area contributed by atoms with Crippen molar-refractivity contribution in [2.24, 2.45) is 5.92 Å². The van der Waals surface area contributed by atoms with Crippen LogP contribution < -0.4 is 5.76 Å². The van der Waals surface area contributed by atoms with E-state index in [1.165, 1.54) is 0 Å². The third-order valence-corrected chi connectivity index (χ3v) is 4.29. The molecular weight excluding hydrogens is 320 g/mol. The number of hydrogen-bond donors (Lipinski definition) is 1. The highest BCUT2D eigenvalue weighted by Gasteiger charge is 2.46. The van der Waals surface area contributed by atoms with Gasteiger partial charge < -0.3 is 4.42 Å². The van der Waals surface area contributed by atoms with E-state index in [1.807, 2.05) is 0 Å². The number of benzene rings is 1. The normalized spacial score (nSPS) is 19.7. The fourth-order valence-corrected chi connectivity index (χ4v) is 2.98. The van der Waals surface area contributed by atoms with Crippen LogP contribution in [0.5, 0.6) is 0 Å². The van der Waals surface area contributed by atoms with Crippen molar-refractivity contribution < 1.29 is 13.7 Å². The quantitative estimate of drug-likeness (QED) is 0.741. The summed E-state index contributed by atoms with van der Waals surface area (Å²) in [6.45, 7) is 0. The molecule has 6 nitrogen and oxygen atoms in total. The molecule has 0 aliphatic heterocycles. The number of carbonyl (C=O) groups excluding carboxylic acids is 1. The summed E-state index contributed by atoms with van der Waals surface area (Å²) in [4.78, 5) is 26.0. The molecule has 0 amide bonds. The van der Waals surface area contributed by atoms with Gasteiger partial charge in [0.05, 0.1) is 11.3 Å². The van der Waals surface area contributed by atoms with E-state index < -0.39 is 5.76 Å². The zero-order valence-corrected chi connectivity index (χ0v) is 12.5. The average molecular weight is 331 g/mol. The fourth-order valence-electron chi connectivity index (χ4n) is 2.70. The number of furan rings is 1. The Labute approximate surface area is 135 Å². The van der Waals surface area contributed by atoms with Crippen LogP contribution in [0.15, 0.2) is 50.3 Å². The van der Waals surface area contributed by atoms with Gasteiger partial charge in [-0.2, -0.15) is 0 Å². The third kappa shape index (κ3) is 2.51. The van der Waals surface area contributed by atoms with E-state index in [0.29, 0.717) is 28.6 Å². The first kappa shape index (κ1) is 14.0. The van der Waals surface area contributed by atoms with Gasteiger partial charge in [0.15, 0.2) is 11.6 Å². The van der Waals surface area contributed by atoms with Gasteiger partial charge in [0.2, 0.25) is 0 Å². The third-order valence-electron chi connectivity index (χ3n) is 3.98. The summed E-state index contributed by atoms with van der Waals surface area (Å²) in [6, 6.07) is 8.72. The Morgan fingerprint density at radius 3 is 2.87 bits per heavy atom. The summed E-state index contributed by atoms with van der Waals surface area (Å²) in [5, 5.41) is 4.09. The number of H-pyrrole nitrogens is 1. The van der Waals surface area contributed by atoms with E-state index in [2.05, 4.69) is 14.7 Å². The molecule has 1 saturated carbocycles. The molecule has 0 spiro atoms. The number of hydrogen-bond acceptors (Lipinski definition) is 5. The molecule has 1 N–H and O–H groups in total. The minimum absolute atomic E-state index is 0.0215. The second-order valence-corrected chi connectivity index (χ2v) is 5.87. The number of aromatic amines is 1. The highest BCUT2D eigenvalue weighted by atomic mass is 35.5. The molecule has 1 aromatic carbocycles. The number of ketones is 1. The van der Waals surface area contributed by atoms with E-state index in [-0.39, 0.29) is 17.6 Å². The van der Waals surface area contributed by atoms with Crippen LogP contribution in [0, 0.1) is 5.92 Å². The summed E-state index contributed by atoms with van der Waals surface area (Å²) < 4.78 is 9.79. The average Bonchev–Trinajstić information content (AvgIpc) is 2.94. The molecule has 2 unspecified atom stereocenters. The van der Waals surface area contributed by atoms with Gasteiger partial charge in [-0.15, -0.1) is 0 Å². The van der Waals surface area contributed by atoms with Crippen LogP contribution in [-0.4, -0.2) is 15.9 Å². The standard InChI is InChI=1S/C16H11ClN2O4/c17-12-6-8(3-4-9(12)13-2-1-5-22-13)14(20)10-7-11(10)15-18-16(21)23-19-15/h1-6,10-11H,7H2,(H,18,19,21). The number of nitrogens with one attached hydrogen (secondary N) is 1. The Morgan fingerprint density at radius 2 is 2.22 bits per heavy atom. The van der Waals surface area contributed by atoms with Crippen molar-refractivity contribution in [1.82, 2.24) is 10.1 Å². The number of carbonyl (C=O) groups is 1.